The Morgan fingerprint density at radius 2 is 2.05 bits per heavy atom. The molecule has 0 radical (unpaired) electrons. The molecule has 2 atom stereocenters. The number of amides is 1. The van der Waals surface area contributed by atoms with Crippen LogP contribution in [0.1, 0.15) is 52.4 Å². The molecule has 1 aliphatic heterocycles. The molecule has 0 spiro atoms. The summed E-state index contributed by atoms with van der Waals surface area (Å²) in [7, 11) is 0. The standard InChI is InChI=1S/C15H26N2O2S/c1-3-12-10-19-11(2)9-17(12)14(18)15(13(16)20)7-5-4-6-8-15/h11-12H,3-10H2,1-2H3,(H2,16,20). The van der Waals surface area contributed by atoms with Crippen molar-refractivity contribution in [1.82, 2.24) is 4.90 Å². The molecule has 0 aromatic carbocycles. The Bertz CT molecular complexity index is 380. The predicted molar refractivity (Wildman–Crippen MR) is 83.5 cm³/mol. The van der Waals surface area contributed by atoms with Crippen molar-refractivity contribution in [3.8, 4) is 0 Å². The Morgan fingerprint density at radius 3 is 2.60 bits per heavy atom. The van der Waals surface area contributed by atoms with Gasteiger partial charge in [0.25, 0.3) is 0 Å². The van der Waals surface area contributed by atoms with Crippen LogP contribution in [0.4, 0.5) is 0 Å². The van der Waals surface area contributed by atoms with Crippen molar-refractivity contribution in [2.45, 2.75) is 64.5 Å². The van der Waals surface area contributed by atoms with E-state index in [1.807, 2.05) is 11.8 Å². The van der Waals surface area contributed by atoms with E-state index in [2.05, 4.69) is 6.92 Å². The van der Waals surface area contributed by atoms with Gasteiger partial charge in [0.05, 0.1) is 29.2 Å². The first kappa shape index (κ1) is 15.7. The van der Waals surface area contributed by atoms with Gasteiger partial charge < -0.3 is 15.4 Å². The largest absolute Gasteiger partial charge is 0.392 e. The fourth-order valence-corrected chi connectivity index (χ4v) is 3.72. The molecular weight excluding hydrogens is 272 g/mol. The smallest absolute Gasteiger partial charge is 0.236 e. The van der Waals surface area contributed by atoms with Gasteiger partial charge in [-0.3, -0.25) is 4.79 Å². The van der Waals surface area contributed by atoms with Crippen molar-refractivity contribution in [3.63, 3.8) is 0 Å². The number of morpholine rings is 1. The molecule has 1 saturated carbocycles. The number of nitrogens with two attached hydrogens (primary N) is 1. The second-order valence-corrected chi connectivity index (χ2v) is 6.61. The predicted octanol–water partition coefficient (Wildman–Crippen LogP) is 2.25. The highest BCUT2D eigenvalue weighted by Gasteiger charge is 2.46. The summed E-state index contributed by atoms with van der Waals surface area (Å²) in [6, 6.07) is 0.159. The van der Waals surface area contributed by atoms with Crippen LogP contribution in [-0.4, -0.2) is 41.1 Å². The number of hydrogen-bond acceptors (Lipinski definition) is 3. The average molecular weight is 298 g/mol. The molecule has 114 valence electrons. The summed E-state index contributed by atoms with van der Waals surface area (Å²) in [5, 5.41) is 0. The van der Waals surface area contributed by atoms with Crippen LogP contribution in [0.3, 0.4) is 0 Å². The van der Waals surface area contributed by atoms with Crippen LogP contribution in [0.15, 0.2) is 0 Å². The van der Waals surface area contributed by atoms with Crippen molar-refractivity contribution in [2.75, 3.05) is 13.2 Å². The van der Waals surface area contributed by atoms with Crippen LogP contribution in [0, 0.1) is 5.41 Å². The van der Waals surface area contributed by atoms with E-state index in [0.717, 1.165) is 32.1 Å². The van der Waals surface area contributed by atoms with Crippen molar-refractivity contribution in [1.29, 1.82) is 0 Å². The molecule has 1 heterocycles. The van der Waals surface area contributed by atoms with E-state index in [9.17, 15) is 4.79 Å². The first-order valence-electron chi connectivity index (χ1n) is 7.74. The summed E-state index contributed by atoms with van der Waals surface area (Å²) in [5.74, 6) is 0.145. The van der Waals surface area contributed by atoms with Gasteiger partial charge in [-0.1, -0.05) is 38.4 Å². The van der Waals surface area contributed by atoms with Gasteiger partial charge in [0, 0.05) is 6.54 Å². The minimum absolute atomic E-state index is 0.0914. The lowest BCUT2D eigenvalue weighted by Crippen LogP contribution is -2.59. The number of nitrogens with zero attached hydrogens (tertiary/aromatic N) is 1. The van der Waals surface area contributed by atoms with Gasteiger partial charge in [0.2, 0.25) is 5.91 Å². The Hall–Kier alpha value is -0.680. The Labute approximate surface area is 127 Å². The lowest BCUT2D eigenvalue weighted by atomic mass is 9.72. The number of thiocarbonyl (C=S) groups is 1. The van der Waals surface area contributed by atoms with E-state index in [1.54, 1.807) is 0 Å². The minimum atomic E-state index is -0.599. The maximum atomic E-state index is 13.1. The monoisotopic (exact) mass is 298 g/mol. The van der Waals surface area contributed by atoms with Crippen molar-refractivity contribution >= 4 is 23.1 Å². The normalized spacial score (nSPS) is 30.0. The molecule has 2 N–H and O–H groups in total. The molecular formula is C15H26N2O2S. The molecule has 0 aromatic rings. The summed E-state index contributed by atoms with van der Waals surface area (Å²) < 4.78 is 5.68. The fourth-order valence-electron chi connectivity index (χ4n) is 3.43. The third kappa shape index (κ3) is 2.84. The molecule has 2 fully saturated rings. The average Bonchev–Trinajstić information content (AvgIpc) is 2.47. The van der Waals surface area contributed by atoms with Gasteiger partial charge in [0.15, 0.2) is 0 Å². The molecule has 2 unspecified atom stereocenters. The fraction of sp³-hybridized carbons (Fsp3) is 0.867. The van der Waals surface area contributed by atoms with E-state index in [0.29, 0.717) is 18.1 Å². The van der Waals surface area contributed by atoms with E-state index in [-0.39, 0.29) is 18.1 Å². The van der Waals surface area contributed by atoms with Crippen molar-refractivity contribution < 1.29 is 9.53 Å². The minimum Gasteiger partial charge on any atom is -0.392 e. The van der Waals surface area contributed by atoms with Crippen molar-refractivity contribution in [3.05, 3.63) is 0 Å². The van der Waals surface area contributed by atoms with Crippen molar-refractivity contribution in [2.24, 2.45) is 11.1 Å². The maximum absolute atomic E-state index is 13.1. The van der Waals surface area contributed by atoms with Gasteiger partial charge in [-0.2, -0.15) is 0 Å². The molecule has 0 bridgehead atoms. The van der Waals surface area contributed by atoms with E-state index in [1.165, 1.54) is 6.42 Å². The lowest BCUT2D eigenvalue weighted by Gasteiger charge is -2.45. The molecule has 20 heavy (non-hydrogen) atoms. The highest BCUT2D eigenvalue weighted by Crippen LogP contribution is 2.39. The third-order valence-electron chi connectivity index (χ3n) is 4.79. The molecule has 1 saturated heterocycles. The Morgan fingerprint density at radius 1 is 1.40 bits per heavy atom. The van der Waals surface area contributed by atoms with Gasteiger partial charge in [0.1, 0.15) is 0 Å². The summed E-state index contributed by atoms with van der Waals surface area (Å²) in [6.07, 6.45) is 5.88. The van der Waals surface area contributed by atoms with E-state index >= 15 is 0 Å². The zero-order chi connectivity index (χ0) is 14.8. The highest BCUT2D eigenvalue weighted by atomic mass is 32.1. The lowest BCUT2D eigenvalue weighted by molar-refractivity contribution is -0.153. The van der Waals surface area contributed by atoms with Gasteiger partial charge in [-0.15, -0.1) is 0 Å². The second kappa shape index (κ2) is 6.39. The molecule has 0 aromatic heterocycles. The zero-order valence-electron chi connectivity index (χ0n) is 12.6. The van der Waals surface area contributed by atoms with Gasteiger partial charge in [-0.05, 0) is 26.2 Å². The number of ether oxygens (including phenoxy) is 1. The van der Waals surface area contributed by atoms with E-state index < -0.39 is 5.41 Å². The van der Waals surface area contributed by atoms with E-state index in [4.69, 9.17) is 22.7 Å². The van der Waals surface area contributed by atoms with Crippen LogP contribution in [0.5, 0.6) is 0 Å². The molecule has 1 aliphatic carbocycles. The van der Waals surface area contributed by atoms with Crippen LogP contribution < -0.4 is 5.73 Å². The topological polar surface area (TPSA) is 55.6 Å². The molecule has 1 amide bonds. The molecule has 5 heteroatoms. The third-order valence-corrected chi connectivity index (χ3v) is 5.18. The van der Waals surface area contributed by atoms with Gasteiger partial charge in [-0.25, -0.2) is 0 Å². The number of carbonyl (C=O) groups excluding carboxylic acids is 1. The zero-order valence-corrected chi connectivity index (χ0v) is 13.4. The quantitative estimate of drug-likeness (QED) is 0.812. The number of carbonyl (C=O) groups is 1. The molecule has 2 aliphatic rings. The number of hydrogen-bond donors (Lipinski definition) is 1. The molecule has 4 nitrogen and oxygen atoms in total. The Kier molecular flexibility index (Phi) is 5.02. The Balaban J connectivity index is 2.23. The first-order chi connectivity index (χ1) is 9.51. The SMILES string of the molecule is CCC1COC(C)CN1C(=O)C1(C(N)=S)CCCCC1. The number of rotatable bonds is 3. The summed E-state index contributed by atoms with van der Waals surface area (Å²) in [5.41, 5.74) is 5.38. The van der Waals surface area contributed by atoms with Crippen LogP contribution in [0.25, 0.3) is 0 Å². The molecule has 2 rings (SSSR count). The highest BCUT2D eigenvalue weighted by molar-refractivity contribution is 7.80. The van der Waals surface area contributed by atoms with Crippen LogP contribution in [0.2, 0.25) is 0 Å². The van der Waals surface area contributed by atoms with Crippen LogP contribution in [-0.2, 0) is 9.53 Å². The second-order valence-electron chi connectivity index (χ2n) is 6.17. The summed E-state index contributed by atoms with van der Waals surface area (Å²) in [6.45, 7) is 5.39. The van der Waals surface area contributed by atoms with Gasteiger partial charge >= 0.3 is 0 Å². The first-order valence-corrected chi connectivity index (χ1v) is 8.14. The van der Waals surface area contributed by atoms with Crippen LogP contribution >= 0.6 is 12.2 Å². The maximum Gasteiger partial charge on any atom is 0.236 e. The summed E-state index contributed by atoms with van der Waals surface area (Å²) >= 11 is 5.28. The summed E-state index contributed by atoms with van der Waals surface area (Å²) in [4.78, 5) is 15.5.